The van der Waals surface area contributed by atoms with Crippen LogP contribution in [0.5, 0.6) is 0 Å². The lowest BCUT2D eigenvalue weighted by molar-refractivity contribution is -0.149. The van der Waals surface area contributed by atoms with E-state index in [1.54, 1.807) is 0 Å². The zero-order chi connectivity index (χ0) is 23.3. The van der Waals surface area contributed by atoms with Crippen LogP contribution in [-0.2, 0) is 23.7 Å². The monoisotopic (exact) mass is 489 g/mol. The van der Waals surface area contributed by atoms with Crippen molar-refractivity contribution in [3.63, 3.8) is 0 Å². The average molecular weight is 489 g/mol. The standard InChI is InChI=1S/C18H15F4N5O3S2/c1-26-14-9(4-23-26)15(25-16(24-14)18(20,21)22)31-6-10(29)11-2-3-12(32-11)17(19)7-27(8-17)13(30)5-28/h2-4,28H,5-8H2,1H3. The van der Waals surface area contributed by atoms with Crippen LogP contribution in [0.2, 0.25) is 0 Å². The third-order valence-electron chi connectivity index (χ3n) is 4.84. The van der Waals surface area contributed by atoms with Gasteiger partial charge in [0.15, 0.2) is 17.1 Å². The molecule has 32 heavy (non-hydrogen) atoms. The van der Waals surface area contributed by atoms with Crippen LogP contribution in [-0.4, -0.2) is 66.9 Å². The lowest BCUT2D eigenvalue weighted by atomic mass is 9.94. The Labute approximate surface area is 186 Å². The number of alkyl halides is 4. The van der Waals surface area contributed by atoms with Crippen molar-refractivity contribution >= 4 is 45.8 Å². The van der Waals surface area contributed by atoms with Gasteiger partial charge in [0.05, 0.1) is 35.3 Å². The molecule has 170 valence electrons. The molecule has 14 heteroatoms. The molecular weight excluding hydrogens is 474 g/mol. The van der Waals surface area contributed by atoms with Gasteiger partial charge >= 0.3 is 6.18 Å². The number of aromatic nitrogens is 4. The summed E-state index contributed by atoms with van der Waals surface area (Å²) in [5.74, 6) is -2.52. The Morgan fingerprint density at radius 2 is 2.00 bits per heavy atom. The van der Waals surface area contributed by atoms with Crippen LogP contribution in [0.4, 0.5) is 17.6 Å². The smallest absolute Gasteiger partial charge is 0.387 e. The van der Waals surface area contributed by atoms with Gasteiger partial charge < -0.3 is 10.0 Å². The van der Waals surface area contributed by atoms with E-state index in [0.29, 0.717) is 0 Å². The SMILES string of the molecule is Cn1ncc2c(SCC(=O)c3ccc(C4(F)CN(C(=O)CO)C4)s3)nc(C(F)(F)F)nc21. The number of halogens is 4. The highest BCUT2D eigenvalue weighted by atomic mass is 32.2. The van der Waals surface area contributed by atoms with Gasteiger partial charge in [-0.15, -0.1) is 11.3 Å². The second-order valence-electron chi connectivity index (χ2n) is 7.10. The number of aliphatic hydroxyl groups is 1. The number of amides is 1. The summed E-state index contributed by atoms with van der Waals surface area (Å²) in [5.41, 5.74) is -1.80. The lowest BCUT2D eigenvalue weighted by Crippen LogP contribution is -2.59. The van der Waals surface area contributed by atoms with Gasteiger partial charge in [0, 0.05) is 11.9 Å². The minimum Gasteiger partial charge on any atom is -0.387 e. The Morgan fingerprint density at radius 3 is 2.66 bits per heavy atom. The quantitative estimate of drug-likeness (QED) is 0.246. The predicted octanol–water partition coefficient (Wildman–Crippen LogP) is 2.42. The Morgan fingerprint density at radius 1 is 1.28 bits per heavy atom. The fourth-order valence-electron chi connectivity index (χ4n) is 3.16. The number of hydrogen-bond donors (Lipinski definition) is 1. The van der Waals surface area contributed by atoms with Crippen molar-refractivity contribution in [2.24, 2.45) is 7.05 Å². The van der Waals surface area contributed by atoms with Crippen LogP contribution in [0.25, 0.3) is 11.0 Å². The summed E-state index contributed by atoms with van der Waals surface area (Å²) in [6.07, 6.45) is -3.43. The van der Waals surface area contributed by atoms with Crippen LogP contribution in [0.1, 0.15) is 20.4 Å². The van der Waals surface area contributed by atoms with Crippen molar-refractivity contribution in [3.8, 4) is 0 Å². The van der Waals surface area contributed by atoms with Gasteiger partial charge in [0.25, 0.3) is 0 Å². The molecule has 1 aliphatic rings. The number of likely N-dealkylation sites (tertiary alicyclic amines) is 1. The molecule has 0 radical (unpaired) electrons. The maximum Gasteiger partial charge on any atom is 0.451 e. The molecule has 0 spiro atoms. The minimum atomic E-state index is -4.76. The number of carbonyl (C=O) groups is 2. The number of thiophene rings is 1. The Hall–Kier alpha value is -2.58. The molecular formula is C18H15F4N5O3S2. The minimum absolute atomic E-state index is 0.00739. The highest BCUT2D eigenvalue weighted by molar-refractivity contribution is 8.00. The second-order valence-corrected chi connectivity index (χ2v) is 9.15. The number of thioether (sulfide) groups is 1. The zero-order valence-electron chi connectivity index (χ0n) is 16.4. The number of aliphatic hydroxyl groups excluding tert-OH is 1. The Bertz CT molecular complexity index is 1200. The average Bonchev–Trinajstić information content (AvgIpc) is 3.36. The molecule has 3 aromatic rings. The van der Waals surface area contributed by atoms with E-state index in [1.165, 1.54) is 35.0 Å². The van der Waals surface area contributed by atoms with E-state index in [4.69, 9.17) is 5.11 Å². The topological polar surface area (TPSA) is 101 Å². The van der Waals surface area contributed by atoms with Crippen LogP contribution in [0.3, 0.4) is 0 Å². The molecule has 1 aliphatic heterocycles. The second kappa shape index (κ2) is 8.08. The van der Waals surface area contributed by atoms with Gasteiger partial charge in [-0.25, -0.2) is 14.4 Å². The van der Waals surface area contributed by atoms with Gasteiger partial charge in [0.2, 0.25) is 11.7 Å². The Kier molecular flexibility index (Phi) is 5.71. The number of rotatable bonds is 6. The number of carbonyl (C=O) groups excluding carboxylic acids is 2. The maximum absolute atomic E-state index is 14.9. The summed E-state index contributed by atoms with van der Waals surface area (Å²) in [7, 11) is 1.45. The van der Waals surface area contributed by atoms with E-state index in [-0.39, 0.29) is 44.7 Å². The summed E-state index contributed by atoms with van der Waals surface area (Å²) in [4.78, 5) is 32.7. The summed E-state index contributed by atoms with van der Waals surface area (Å²) < 4.78 is 55.6. The van der Waals surface area contributed by atoms with Crippen molar-refractivity contribution < 1.29 is 32.3 Å². The summed E-state index contributed by atoms with van der Waals surface area (Å²) in [6.45, 7) is -1.13. The van der Waals surface area contributed by atoms with Crippen LogP contribution < -0.4 is 0 Å². The van der Waals surface area contributed by atoms with Crippen molar-refractivity contribution in [2.75, 3.05) is 25.4 Å². The summed E-state index contributed by atoms with van der Waals surface area (Å²) in [6, 6.07) is 2.90. The zero-order valence-corrected chi connectivity index (χ0v) is 18.0. The first-order valence-corrected chi connectivity index (χ1v) is 10.9. The number of fused-ring (bicyclic) bond motifs is 1. The fourth-order valence-corrected chi connectivity index (χ4v) is 5.13. The molecule has 1 N–H and O–H groups in total. The number of Topliss-reactive ketones (excluding diaryl/α,β-unsaturated/α-hetero) is 1. The van der Waals surface area contributed by atoms with Gasteiger partial charge in [-0.1, -0.05) is 11.8 Å². The molecule has 1 fully saturated rings. The first-order valence-electron chi connectivity index (χ1n) is 9.12. The van der Waals surface area contributed by atoms with Gasteiger partial charge in [-0.05, 0) is 12.1 Å². The third-order valence-corrected chi connectivity index (χ3v) is 7.14. The van der Waals surface area contributed by atoms with Crippen molar-refractivity contribution in [1.29, 1.82) is 0 Å². The number of nitrogens with zero attached hydrogens (tertiary/aromatic N) is 5. The van der Waals surface area contributed by atoms with Crippen molar-refractivity contribution in [3.05, 3.63) is 33.9 Å². The van der Waals surface area contributed by atoms with Crippen LogP contribution in [0.15, 0.2) is 23.4 Å². The highest BCUT2D eigenvalue weighted by Crippen LogP contribution is 2.40. The molecule has 4 rings (SSSR count). The first kappa shape index (κ1) is 22.6. The highest BCUT2D eigenvalue weighted by Gasteiger charge is 2.48. The van der Waals surface area contributed by atoms with Crippen LogP contribution >= 0.6 is 23.1 Å². The first-order chi connectivity index (χ1) is 15.0. The molecule has 0 aliphatic carbocycles. The van der Waals surface area contributed by atoms with Gasteiger partial charge in [-0.2, -0.15) is 18.3 Å². The molecule has 0 unspecified atom stereocenters. The lowest BCUT2D eigenvalue weighted by Gasteiger charge is -2.43. The normalized spacial score (nSPS) is 15.8. The molecule has 4 heterocycles. The fraction of sp³-hybridized carbons (Fsp3) is 0.389. The summed E-state index contributed by atoms with van der Waals surface area (Å²) >= 11 is 1.75. The molecule has 1 saturated heterocycles. The number of ketones is 1. The summed E-state index contributed by atoms with van der Waals surface area (Å²) in [5, 5.41) is 13.0. The van der Waals surface area contributed by atoms with Gasteiger partial charge in [-0.3, -0.25) is 14.3 Å². The number of aryl methyl sites for hydroxylation is 1. The molecule has 0 saturated carbocycles. The van der Waals surface area contributed by atoms with Crippen molar-refractivity contribution in [2.45, 2.75) is 16.9 Å². The molecule has 0 aromatic carbocycles. The van der Waals surface area contributed by atoms with E-state index in [0.717, 1.165) is 23.1 Å². The number of hydrogen-bond acceptors (Lipinski definition) is 8. The molecule has 1 amide bonds. The van der Waals surface area contributed by atoms with Crippen LogP contribution in [0, 0.1) is 0 Å². The van der Waals surface area contributed by atoms with E-state index < -0.39 is 36.0 Å². The molecule has 3 aromatic heterocycles. The Balaban J connectivity index is 1.48. The van der Waals surface area contributed by atoms with E-state index in [1.807, 2.05) is 0 Å². The maximum atomic E-state index is 14.9. The van der Waals surface area contributed by atoms with Gasteiger partial charge in [0.1, 0.15) is 11.6 Å². The predicted molar refractivity (Wildman–Crippen MR) is 107 cm³/mol. The van der Waals surface area contributed by atoms with E-state index in [9.17, 15) is 27.2 Å². The molecule has 0 atom stereocenters. The van der Waals surface area contributed by atoms with Crippen molar-refractivity contribution in [1.82, 2.24) is 24.6 Å². The molecule has 0 bridgehead atoms. The molecule has 8 nitrogen and oxygen atoms in total. The third kappa shape index (κ3) is 4.09. The van der Waals surface area contributed by atoms with E-state index >= 15 is 0 Å². The van der Waals surface area contributed by atoms with E-state index in [2.05, 4.69) is 15.1 Å². The largest absolute Gasteiger partial charge is 0.451 e.